The first-order valence-corrected chi connectivity index (χ1v) is 6.31. The number of nitrogens with one attached hydrogen (secondary N) is 1. The van der Waals surface area contributed by atoms with Crippen molar-refractivity contribution < 1.29 is 0 Å². The smallest absolute Gasteiger partial charge is 0.0371 e. The van der Waals surface area contributed by atoms with Crippen LogP contribution in [-0.4, -0.2) is 20.6 Å². The normalized spacial score (nSPS) is 11.4. The molecule has 0 aliphatic carbocycles. The number of hydrogen-bond acceptors (Lipinski definition) is 2. The van der Waals surface area contributed by atoms with E-state index in [2.05, 4.69) is 70.2 Å². The largest absolute Gasteiger partial charge is 0.385 e. The Bertz CT molecular complexity index is 362. The van der Waals surface area contributed by atoms with Crippen LogP contribution in [0.5, 0.6) is 0 Å². The predicted molar refractivity (Wildman–Crippen MR) is 78.1 cm³/mol. The molecule has 1 aromatic carbocycles. The minimum absolute atomic E-state index is 0.393. The van der Waals surface area contributed by atoms with Gasteiger partial charge in [-0.1, -0.05) is 20.8 Å². The van der Waals surface area contributed by atoms with Gasteiger partial charge in [0, 0.05) is 32.0 Å². The number of nitrogens with zero attached hydrogens (tertiary/aromatic N) is 1. The summed E-state index contributed by atoms with van der Waals surface area (Å²) in [4.78, 5) is 2.13. The molecule has 0 bridgehead atoms. The van der Waals surface area contributed by atoms with E-state index in [4.69, 9.17) is 0 Å². The van der Waals surface area contributed by atoms with Crippen molar-refractivity contribution >= 4 is 11.4 Å². The highest BCUT2D eigenvalue weighted by Gasteiger charge is 2.09. The van der Waals surface area contributed by atoms with Gasteiger partial charge in [-0.05, 0) is 42.5 Å². The fourth-order valence-electron chi connectivity index (χ4n) is 1.70. The molecule has 2 nitrogen and oxygen atoms in total. The molecule has 0 aromatic heterocycles. The van der Waals surface area contributed by atoms with Gasteiger partial charge in [0.05, 0.1) is 0 Å². The fourth-order valence-corrected chi connectivity index (χ4v) is 1.70. The van der Waals surface area contributed by atoms with Crippen LogP contribution >= 0.6 is 0 Å². The zero-order chi connectivity index (χ0) is 13.1. The lowest BCUT2D eigenvalue weighted by atomic mass is 9.92. The molecule has 96 valence electrons. The van der Waals surface area contributed by atoms with Crippen LogP contribution in [0.4, 0.5) is 11.4 Å². The summed E-state index contributed by atoms with van der Waals surface area (Å²) in [6.07, 6.45) is 1.18. The van der Waals surface area contributed by atoms with E-state index in [1.165, 1.54) is 23.4 Å². The zero-order valence-electron chi connectivity index (χ0n) is 12.1. The van der Waals surface area contributed by atoms with E-state index in [9.17, 15) is 0 Å². The zero-order valence-corrected chi connectivity index (χ0v) is 12.1. The van der Waals surface area contributed by atoms with Crippen LogP contribution < -0.4 is 10.2 Å². The molecule has 0 unspecified atom stereocenters. The van der Waals surface area contributed by atoms with Gasteiger partial charge < -0.3 is 10.2 Å². The highest BCUT2D eigenvalue weighted by Crippen LogP contribution is 2.23. The molecule has 17 heavy (non-hydrogen) atoms. The van der Waals surface area contributed by atoms with Crippen molar-refractivity contribution in [3.63, 3.8) is 0 Å². The highest BCUT2D eigenvalue weighted by atomic mass is 15.1. The van der Waals surface area contributed by atoms with Crippen molar-refractivity contribution in [2.75, 3.05) is 30.9 Å². The number of rotatable bonds is 4. The molecule has 0 spiro atoms. The average Bonchev–Trinajstić information content (AvgIpc) is 2.18. The van der Waals surface area contributed by atoms with Crippen molar-refractivity contribution in [1.82, 2.24) is 0 Å². The van der Waals surface area contributed by atoms with Crippen LogP contribution in [0.2, 0.25) is 0 Å². The number of anilines is 2. The highest BCUT2D eigenvalue weighted by molar-refractivity contribution is 5.59. The summed E-state index contributed by atoms with van der Waals surface area (Å²) in [6.45, 7) is 10.0. The Hall–Kier alpha value is -1.18. The monoisotopic (exact) mass is 234 g/mol. The van der Waals surface area contributed by atoms with Gasteiger partial charge in [-0.2, -0.15) is 0 Å². The third-order valence-corrected chi connectivity index (χ3v) is 2.92. The molecule has 0 radical (unpaired) electrons. The summed E-state index contributed by atoms with van der Waals surface area (Å²) in [5.74, 6) is 0. The van der Waals surface area contributed by atoms with Gasteiger partial charge in [-0.15, -0.1) is 0 Å². The van der Waals surface area contributed by atoms with Gasteiger partial charge in [0.15, 0.2) is 0 Å². The molecule has 0 heterocycles. The van der Waals surface area contributed by atoms with Crippen LogP contribution in [0.1, 0.15) is 32.8 Å². The molecule has 0 saturated carbocycles. The molecule has 1 aromatic rings. The quantitative estimate of drug-likeness (QED) is 0.849. The molecule has 0 aliphatic heterocycles. The van der Waals surface area contributed by atoms with Crippen molar-refractivity contribution in [3.05, 3.63) is 23.8 Å². The van der Waals surface area contributed by atoms with Crippen molar-refractivity contribution in [2.24, 2.45) is 5.41 Å². The van der Waals surface area contributed by atoms with Crippen molar-refractivity contribution in [1.29, 1.82) is 0 Å². The van der Waals surface area contributed by atoms with E-state index in [-0.39, 0.29) is 0 Å². The molecule has 0 aliphatic rings. The third-order valence-electron chi connectivity index (χ3n) is 2.92. The van der Waals surface area contributed by atoms with E-state index in [1.54, 1.807) is 0 Å². The van der Waals surface area contributed by atoms with Gasteiger partial charge in [0.1, 0.15) is 0 Å². The SMILES string of the molecule is Cc1cc(N(C)C)ccc1NCCC(C)(C)C. The topological polar surface area (TPSA) is 15.3 Å². The summed E-state index contributed by atoms with van der Waals surface area (Å²) < 4.78 is 0. The molecule has 0 saturated heterocycles. The Morgan fingerprint density at radius 3 is 2.29 bits per heavy atom. The second kappa shape index (κ2) is 5.44. The molecule has 0 amide bonds. The van der Waals surface area contributed by atoms with Crippen LogP contribution in [0, 0.1) is 12.3 Å². The average molecular weight is 234 g/mol. The van der Waals surface area contributed by atoms with Gasteiger partial charge in [-0.25, -0.2) is 0 Å². The molecule has 1 N–H and O–H groups in total. The Kier molecular flexibility index (Phi) is 4.44. The van der Waals surface area contributed by atoms with Crippen LogP contribution in [-0.2, 0) is 0 Å². The Balaban J connectivity index is 2.61. The van der Waals surface area contributed by atoms with Gasteiger partial charge in [0.25, 0.3) is 0 Å². The van der Waals surface area contributed by atoms with Gasteiger partial charge in [0.2, 0.25) is 0 Å². The summed E-state index contributed by atoms with van der Waals surface area (Å²) >= 11 is 0. The van der Waals surface area contributed by atoms with Crippen LogP contribution in [0.25, 0.3) is 0 Å². The molecule has 0 fully saturated rings. The number of aryl methyl sites for hydroxylation is 1. The Labute approximate surface area is 106 Å². The number of benzene rings is 1. The van der Waals surface area contributed by atoms with E-state index in [0.29, 0.717) is 5.41 Å². The number of hydrogen-bond donors (Lipinski definition) is 1. The minimum Gasteiger partial charge on any atom is -0.385 e. The summed E-state index contributed by atoms with van der Waals surface area (Å²) in [7, 11) is 4.14. The lowest BCUT2D eigenvalue weighted by Gasteiger charge is -2.20. The first-order valence-electron chi connectivity index (χ1n) is 6.31. The third kappa shape index (κ3) is 4.68. The van der Waals surface area contributed by atoms with Crippen molar-refractivity contribution in [2.45, 2.75) is 34.1 Å². The summed E-state index contributed by atoms with van der Waals surface area (Å²) in [6, 6.07) is 6.55. The first-order chi connectivity index (χ1) is 7.79. The fraction of sp³-hybridized carbons (Fsp3) is 0.600. The summed E-state index contributed by atoms with van der Waals surface area (Å²) in [5, 5.41) is 3.52. The second-order valence-electron chi connectivity index (χ2n) is 6.13. The molecule has 2 heteroatoms. The van der Waals surface area contributed by atoms with E-state index in [0.717, 1.165) is 6.54 Å². The van der Waals surface area contributed by atoms with Gasteiger partial charge in [-0.3, -0.25) is 0 Å². The van der Waals surface area contributed by atoms with Crippen molar-refractivity contribution in [3.8, 4) is 0 Å². The van der Waals surface area contributed by atoms with Crippen LogP contribution in [0.15, 0.2) is 18.2 Å². The maximum Gasteiger partial charge on any atom is 0.0371 e. The second-order valence-corrected chi connectivity index (χ2v) is 6.13. The molecule has 1 rings (SSSR count). The molecular weight excluding hydrogens is 208 g/mol. The first kappa shape index (κ1) is 13.9. The lowest BCUT2D eigenvalue weighted by molar-refractivity contribution is 0.390. The van der Waals surface area contributed by atoms with Crippen LogP contribution in [0.3, 0.4) is 0 Å². The Morgan fingerprint density at radius 2 is 1.82 bits per heavy atom. The minimum atomic E-state index is 0.393. The standard InChI is InChI=1S/C15H26N2/c1-12-11-13(17(5)6)7-8-14(12)16-10-9-15(2,3)4/h7-8,11,16H,9-10H2,1-6H3. The molecular formula is C15H26N2. The van der Waals surface area contributed by atoms with Gasteiger partial charge >= 0.3 is 0 Å². The lowest BCUT2D eigenvalue weighted by Crippen LogP contribution is -2.14. The Morgan fingerprint density at radius 1 is 1.18 bits per heavy atom. The summed E-state index contributed by atoms with van der Waals surface area (Å²) in [5.41, 5.74) is 4.21. The van der Waals surface area contributed by atoms with E-state index >= 15 is 0 Å². The maximum absolute atomic E-state index is 3.52. The van der Waals surface area contributed by atoms with E-state index in [1.807, 2.05) is 0 Å². The predicted octanol–water partition coefficient (Wildman–Crippen LogP) is 3.91. The van der Waals surface area contributed by atoms with E-state index < -0.39 is 0 Å². The maximum atomic E-state index is 3.52. The molecule has 0 atom stereocenters.